The molecule has 5 rings (SSSR count). The van der Waals surface area contributed by atoms with Gasteiger partial charge in [0.2, 0.25) is 0 Å². The maximum absolute atomic E-state index is 13.5. The number of methoxy groups -OCH3 is 1. The fourth-order valence-electron chi connectivity index (χ4n) is 5.73. The summed E-state index contributed by atoms with van der Waals surface area (Å²) in [4.78, 5) is 13.5. The molecule has 2 saturated carbocycles. The Bertz CT molecular complexity index is 966. The molecule has 4 heteroatoms. The standard InChI is InChI=1S/C27H34N2O2/c1-17-25-24(29-16-18-4-5-18)12-13-27(17,2)23-14-20(8-11-22(23)26(25)30)28-15-19-6-9-21(31-3)10-7-19/h6-11,14,17-18,24-25,28-29H,4-5,12-13,15-16H2,1-3H3/t17-,24?,25+,27-/m0/s1. The minimum Gasteiger partial charge on any atom is -0.497 e. The number of fused-ring (bicyclic) bond motifs is 4. The molecule has 1 unspecified atom stereocenters. The van der Waals surface area contributed by atoms with Gasteiger partial charge in [-0.25, -0.2) is 0 Å². The third-order valence-electron chi connectivity index (χ3n) is 8.18. The topological polar surface area (TPSA) is 50.4 Å². The second-order valence-electron chi connectivity index (χ2n) is 10.1. The Morgan fingerprint density at radius 2 is 1.87 bits per heavy atom. The Kier molecular flexibility index (Phi) is 5.29. The highest BCUT2D eigenvalue weighted by molar-refractivity contribution is 6.02. The molecule has 2 aromatic carbocycles. The van der Waals surface area contributed by atoms with Crippen LogP contribution in [0.5, 0.6) is 5.75 Å². The predicted molar refractivity (Wildman–Crippen MR) is 125 cm³/mol. The molecule has 2 fully saturated rings. The molecule has 0 spiro atoms. The Labute approximate surface area is 185 Å². The van der Waals surface area contributed by atoms with Crippen LogP contribution in [0, 0.1) is 17.8 Å². The van der Waals surface area contributed by atoms with Gasteiger partial charge < -0.3 is 15.4 Å². The van der Waals surface area contributed by atoms with Crippen LogP contribution in [-0.4, -0.2) is 25.5 Å². The number of hydrogen-bond donors (Lipinski definition) is 2. The molecule has 4 atom stereocenters. The van der Waals surface area contributed by atoms with Crippen LogP contribution in [-0.2, 0) is 12.0 Å². The van der Waals surface area contributed by atoms with Crippen LogP contribution >= 0.6 is 0 Å². The van der Waals surface area contributed by atoms with E-state index in [1.165, 1.54) is 24.0 Å². The summed E-state index contributed by atoms with van der Waals surface area (Å²) in [6.45, 7) is 6.51. The van der Waals surface area contributed by atoms with E-state index in [-0.39, 0.29) is 11.3 Å². The number of anilines is 1. The van der Waals surface area contributed by atoms with Gasteiger partial charge in [-0.1, -0.05) is 26.0 Å². The molecule has 164 valence electrons. The highest BCUT2D eigenvalue weighted by Crippen LogP contribution is 2.52. The zero-order valence-corrected chi connectivity index (χ0v) is 18.9. The first-order valence-electron chi connectivity index (χ1n) is 11.8. The molecule has 3 aliphatic carbocycles. The third-order valence-corrected chi connectivity index (χ3v) is 8.18. The summed E-state index contributed by atoms with van der Waals surface area (Å²) in [6, 6.07) is 14.8. The SMILES string of the molecule is COc1ccc(CNc2ccc3c(c2)[C@@]2(C)CCC(NCC4CC4)[C@H](C3=O)[C@@H]2C)cc1. The second kappa shape index (κ2) is 7.98. The number of benzene rings is 2. The molecule has 3 aliphatic rings. The fourth-order valence-corrected chi connectivity index (χ4v) is 5.73. The summed E-state index contributed by atoms with van der Waals surface area (Å²) >= 11 is 0. The maximum Gasteiger partial charge on any atom is 0.168 e. The van der Waals surface area contributed by atoms with Crippen molar-refractivity contribution >= 4 is 11.5 Å². The molecule has 2 bridgehead atoms. The van der Waals surface area contributed by atoms with Gasteiger partial charge in [-0.2, -0.15) is 0 Å². The summed E-state index contributed by atoms with van der Waals surface area (Å²) in [5, 5.41) is 7.32. The molecule has 0 aromatic heterocycles. The summed E-state index contributed by atoms with van der Waals surface area (Å²) in [5.74, 6) is 2.51. The van der Waals surface area contributed by atoms with Crippen LogP contribution in [0.1, 0.15) is 61.0 Å². The molecule has 31 heavy (non-hydrogen) atoms. The normalized spacial score (nSPS) is 29.4. The minimum atomic E-state index is 0.0590. The van der Waals surface area contributed by atoms with E-state index in [4.69, 9.17) is 4.74 Å². The number of ether oxygens (including phenoxy) is 1. The van der Waals surface area contributed by atoms with Crippen LogP contribution < -0.4 is 15.4 Å². The lowest BCUT2D eigenvalue weighted by Crippen LogP contribution is -2.57. The van der Waals surface area contributed by atoms with E-state index in [2.05, 4.69) is 54.8 Å². The third kappa shape index (κ3) is 3.76. The Morgan fingerprint density at radius 3 is 2.58 bits per heavy atom. The van der Waals surface area contributed by atoms with Crippen molar-refractivity contribution in [2.24, 2.45) is 17.8 Å². The van der Waals surface area contributed by atoms with Gasteiger partial charge in [0.25, 0.3) is 0 Å². The fraction of sp³-hybridized carbons (Fsp3) is 0.519. The van der Waals surface area contributed by atoms with E-state index in [0.29, 0.717) is 17.7 Å². The molecule has 4 nitrogen and oxygen atoms in total. The molecule has 0 radical (unpaired) electrons. The van der Waals surface area contributed by atoms with Crippen molar-refractivity contribution in [1.82, 2.24) is 5.32 Å². The van der Waals surface area contributed by atoms with Crippen LogP contribution in [0.3, 0.4) is 0 Å². The van der Waals surface area contributed by atoms with Gasteiger partial charge in [0.15, 0.2) is 5.78 Å². The molecule has 0 heterocycles. The van der Waals surface area contributed by atoms with E-state index in [9.17, 15) is 4.79 Å². The average molecular weight is 419 g/mol. The number of hydrogen-bond acceptors (Lipinski definition) is 4. The Hall–Kier alpha value is -2.33. The van der Waals surface area contributed by atoms with Crippen LogP contribution in [0.4, 0.5) is 5.69 Å². The lowest BCUT2D eigenvalue weighted by Gasteiger charge is -2.52. The van der Waals surface area contributed by atoms with Gasteiger partial charge in [0.05, 0.1) is 7.11 Å². The molecule has 2 aromatic rings. The van der Waals surface area contributed by atoms with Crippen molar-refractivity contribution in [2.75, 3.05) is 19.0 Å². The van der Waals surface area contributed by atoms with Crippen molar-refractivity contribution in [2.45, 2.75) is 57.5 Å². The van der Waals surface area contributed by atoms with E-state index in [0.717, 1.165) is 48.8 Å². The maximum atomic E-state index is 13.5. The number of carbonyl (C=O) groups excluding carboxylic acids is 1. The number of Topliss-reactive ketones (excluding diaryl/α,β-unsaturated/α-hetero) is 1. The van der Waals surface area contributed by atoms with Crippen LogP contribution in [0.2, 0.25) is 0 Å². The molecular formula is C27H34N2O2. The summed E-state index contributed by atoms with van der Waals surface area (Å²) in [5.41, 5.74) is 4.53. The monoisotopic (exact) mass is 418 g/mol. The summed E-state index contributed by atoms with van der Waals surface area (Å²) in [7, 11) is 1.68. The molecule has 0 amide bonds. The van der Waals surface area contributed by atoms with E-state index < -0.39 is 0 Å². The van der Waals surface area contributed by atoms with Crippen LogP contribution in [0.15, 0.2) is 42.5 Å². The molecule has 2 N–H and O–H groups in total. The molecular weight excluding hydrogens is 384 g/mol. The van der Waals surface area contributed by atoms with Gasteiger partial charge >= 0.3 is 0 Å². The predicted octanol–water partition coefficient (Wildman–Crippen LogP) is 5.18. The molecule has 0 aliphatic heterocycles. The Morgan fingerprint density at radius 1 is 1.10 bits per heavy atom. The number of nitrogens with one attached hydrogen (secondary N) is 2. The number of rotatable bonds is 7. The van der Waals surface area contributed by atoms with Crippen molar-refractivity contribution in [3.05, 3.63) is 59.2 Å². The number of carbonyl (C=O) groups is 1. The molecule has 0 saturated heterocycles. The lowest BCUT2D eigenvalue weighted by molar-refractivity contribution is 0.0555. The van der Waals surface area contributed by atoms with Gasteiger partial charge in [-0.15, -0.1) is 0 Å². The number of ketones is 1. The van der Waals surface area contributed by atoms with E-state index >= 15 is 0 Å². The van der Waals surface area contributed by atoms with E-state index in [1.807, 2.05) is 12.1 Å². The van der Waals surface area contributed by atoms with Crippen molar-refractivity contribution < 1.29 is 9.53 Å². The minimum absolute atomic E-state index is 0.0590. The zero-order valence-electron chi connectivity index (χ0n) is 18.9. The second-order valence-corrected chi connectivity index (χ2v) is 10.1. The van der Waals surface area contributed by atoms with E-state index in [1.54, 1.807) is 7.11 Å². The van der Waals surface area contributed by atoms with Crippen LogP contribution in [0.25, 0.3) is 0 Å². The first kappa shape index (κ1) is 20.6. The Balaban J connectivity index is 1.36. The van der Waals surface area contributed by atoms with Gasteiger partial charge in [0.1, 0.15) is 5.75 Å². The van der Waals surface area contributed by atoms with Crippen molar-refractivity contribution in [1.29, 1.82) is 0 Å². The summed E-state index contributed by atoms with van der Waals surface area (Å²) in [6.07, 6.45) is 4.92. The smallest absolute Gasteiger partial charge is 0.168 e. The first-order chi connectivity index (χ1) is 15.0. The zero-order chi connectivity index (χ0) is 21.6. The van der Waals surface area contributed by atoms with Gasteiger partial charge in [-0.05, 0) is 90.9 Å². The highest BCUT2D eigenvalue weighted by atomic mass is 16.5. The lowest BCUT2D eigenvalue weighted by atomic mass is 9.53. The first-order valence-corrected chi connectivity index (χ1v) is 11.8. The van der Waals surface area contributed by atoms with Gasteiger partial charge in [-0.3, -0.25) is 4.79 Å². The largest absolute Gasteiger partial charge is 0.497 e. The average Bonchev–Trinajstić information content (AvgIpc) is 3.62. The van der Waals surface area contributed by atoms with Crippen molar-refractivity contribution in [3.63, 3.8) is 0 Å². The van der Waals surface area contributed by atoms with Gasteiger partial charge in [0, 0.05) is 29.8 Å². The quantitative estimate of drug-likeness (QED) is 0.651. The van der Waals surface area contributed by atoms with Crippen molar-refractivity contribution in [3.8, 4) is 5.75 Å². The summed E-state index contributed by atoms with van der Waals surface area (Å²) < 4.78 is 5.24. The highest BCUT2D eigenvalue weighted by Gasteiger charge is 2.53.